The summed E-state index contributed by atoms with van der Waals surface area (Å²) in [6.45, 7) is 7.77. The minimum Gasteiger partial charge on any atom is -0.360 e. The van der Waals surface area contributed by atoms with Crippen LogP contribution in [-0.4, -0.2) is 57.5 Å². The fourth-order valence-electron chi connectivity index (χ4n) is 4.01. The zero-order valence-electron chi connectivity index (χ0n) is 17.9. The van der Waals surface area contributed by atoms with Crippen LogP contribution >= 0.6 is 11.6 Å². The molecular formula is C23H25ClN4O3. The van der Waals surface area contributed by atoms with Crippen LogP contribution in [0.3, 0.4) is 0 Å². The molecule has 1 aliphatic rings. The Bertz CT molecular complexity index is 1110. The van der Waals surface area contributed by atoms with Crippen LogP contribution in [0.25, 0.3) is 5.82 Å². The molecular weight excluding hydrogens is 416 g/mol. The monoisotopic (exact) mass is 440 g/mol. The Kier molecular flexibility index (Phi) is 5.87. The minimum atomic E-state index is -0.0237. The van der Waals surface area contributed by atoms with Gasteiger partial charge in [0.15, 0.2) is 5.82 Å². The van der Waals surface area contributed by atoms with Crippen LogP contribution in [0.2, 0.25) is 5.02 Å². The first-order valence-electron chi connectivity index (χ1n) is 10.3. The SMILES string of the molecule is Cc1cc(-n2c(C)cc(C(=O)N3CCN(C(=O)Cc4ccc(Cl)cc4)CC3)c2C)no1. The number of rotatable bonds is 4. The molecule has 0 radical (unpaired) electrons. The first-order valence-corrected chi connectivity index (χ1v) is 10.7. The highest BCUT2D eigenvalue weighted by atomic mass is 35.5. The second-order valence-electron chi connectivity index (χ2n) is 7.89. The molecule has 7 nitrogen and oxygen atoms in total. The summed E-state index contributed by atoms with van der Waals surface area (Å²) in [5, 5.41) is 4.73. The first kappa shape index (κ1) is 21.2. The summed E-state index contributed by atoms with van der Waals surface area (Å²) in [7, 11) is 0. The lowest BCUT2D eigenvalue weighted by Gasteiger charge is -2.35. The van der Waals surface area contributed by atoms with Gasteiger partial charge in [-0.2, -0.15) is 0 Å². The van der Waals surface area contributed by atoms with Crippen molar-refractivity contribution in [2.45, 2.75) is 27.2 Å². The van der Waals surface area contributed by atoms with Crippen molar-refractivity contribution in [2.24, 2.45) is 0 Å². The average molecular weight is 441 g/mol. The van der Waals surface area contributed by atoms with Crippen LogP contribution in [0.4, 0.5) is 0 Å². The lowest BCUT2D eigenvalue weighted by Crippen LogP contribution is -2.51. The van der Waals surface area contributed by atoms with E-state index in [2.05, 4.69) is 5.16 Å². The highest BCUT2D eigenvalue weighted by Crippen LogP contribution is 2.22. The van der Waals surface area contributed by atoms with Crippen LogP contribution in [0.5, 0.6) is 0 Å². The number of amides is 2. The molecule has 3 heterocycles. The summed E-state index contributed by atoms with van der Waals surface area (Å²) in [4.78, 5) is 29.4. The van der Waals surface area contributed by atoms with Gasteiger partial charge >= 0.3 is 0 Å². The zero-order valence-corrected chi connectivity index (χ0v) is 18.6. The fraction of sp³-hybridized carbons (Fsp3) is 0.348. The number of carbonyl (C=O) groups is 2. The predicted molar refractivity (Wildman–Crippen MR) is 118 cm³/mol. The molecule has 0 saturated carbocycles. The van der Waals surface area contributed by atoms with Crippen molar-refractivity contribution in [1.82, 2.24) is 19.5 Å². The number of aryl methyl sites for hydroxylation is 2. The molecule has 8 heteroatoms. The van der Waals surface area contributed by atoms with Gasteiger partial charge in [-0.1, -0.05) is 28.9 Å². The molecule has 1 aromatic carbocycles. The lowest BCUT2D eigenvalue weighted by molar-refractivity contribution is -0.131. The molecule has 0 N–H and O–H groups in total. The molecule has 0 unspecified atom stereocenters. The van der Waals surface area contributed by atoms with E-state index in [0.29, 0.717) is 49.0 Å². The molecule has 3 aromatic rings. The van der Waals surface area contributed by atoms with Crippen LogP contribution in [-0.2, 0) is 11.2 Å². The van der Waals surface area contributed by atoms with Gasteiger partial charge < -0.3 is 14.3 Å². The summed E-state index contributed by atoms with van der Waals surface area (Å²) in [6, 6.07) is 11.0. The maximum absolute atomic E-state index is 13.2. The normalized spacial score (nSPS) is 14.2. The molecule has 0 spiro atoms. The highest BCUT2D eigenvalue weighted by Gasteiger charge is 2.27. The number of carbonyl (C=O) groups excluding carboxylic acids is 2. The van der Waals surface area contributed by atoms with Crippen LogP contribution in [0, 0.1) is 20.8 Å². The van der Waals surface area contributed by atoms with Gasteiger partial charge in [-0.05, 0) is 44.5 Å². The van der Waals surface area contributed by atoms with E-state index in [1.54, 1.807) is 12.1 Å². The van der Waals surface area contributed by atoms with Gasteiger partial charge in [0, 0.05) is 48.7 Å². The summed E-state index contributed by atoms with van der Waals surface area (Å²) >= 11 is 5.91. The molecule has 0 atom stereocenters. The van der Waals surface area contributed by atoms with Crippen LogP contribution in [0.15, 0.2) is 40.9 Å². The van der Waals surface area contributed by atoms with Crippen molar-refractivity contribution >= 4 is 23.4 Å². The third-order valence-corrected chi connectivity index (χ3v) is 5.95. The number of benzene rings is 1. The second-order valence-corrected chi connectivity index (χ2v) is 8.33. The van der Waals surface area contributed by atoms with E-state index in [-0.39, 0.29) is 11.8 Å². The molecule has 1 saturated heterocycles. The van der Waals surface area contributed by atoms with Crippen molar-refractivity contribution in [2.75, 3.05) is 26.2 Å². The predicted octanol–water partition coefficient (Wildman–Crippen LogP) is 3.57. The van der Waals surface area contributed by atoms with Gasteiger partial charge in [-0.15, -0.1) is 0 Å². The molecule has 2 amide bonds. The van der Waals surface area contributed by atoms with Crippen molar-refractivity contribution in [3.8, 4) is 5.82 Å². The van der Waals surface area contributed by atoms with Crippen molar-refractivity contribution in [3.05, 3.63) is 69.7 Å². The van der Waals surface area contributed by atoms with Crippen molar-refractivity contribution < 1.29 is 14.1 Å². The highest BCUT2D eigenvalue weighted by molar-refractivity contribution is 6.30. The molecule has 0 aliphatic carbocycles. The van der Waals surface area contributed by atoms with Crippen molar-refractivity contribution in [1.29, 1.82) is 0 Å². The van der Waals surface area contributed by atoms with Gasteiger partial charge in [0.1, 0.15) is 5.76 Å². The molecule has 0 bridgehead atoms. The van der Waals surface area contributed by atoms with Crippen LogP contribution < -0.4 is 0 Å². The van der Waals surface area contributed by atoms with Gasteiger partial charge in [-0.3, -0.25) is 14.2 Å². The Labute approximate surface area is 186 Å². The van der Waals surface area contributed by atoms with E-state index in [0.717, 1.165) is 22.7 Å². The Morgan fingerprint density at radius 1 is 1.00 bits per heavy atom. The third-order valence-electron chi connectivity index (χ3n) is 5.69. The van der Waals surface area contributed by atoms with E-state index in [1.807, 2.05) is 59.4 Å². The van der Waals surface area contributed by atoms with E-state index in [4.69, 9.17) is 16.1 Å². The first-order chi connectivity index (χ1) is 14.8. The summed E-state index contributed by atoms with van der Waals surface area (Å²) < 4.78 is 7.11. The Morgan fingerprint density at radius 3 is 2.26 bits per heavy atom. The maximum Gasteiger partial charge on any atom is 0.255 e. The van der Waals surface area contributed by atoms with E-state index >= 15 is 0 Å². The minimum absolute atomic E-state index is 0.0237. The summed E-state index contributed by atoms with van der Waals surface area (Å²) in [5.41, 5.74) is 3.34. The summed E-state index contributed by atoms with van der Waals surface area (Å²) in [5.74, 6) is 1.43. The molecule has 31 heavy (non-hydrogen) atoms. The number of hydrogen-bond donors (Lipinski definition) is 0. The number of aromatic nitrogens is 2. The number of halogens is 1. The van der Waals surface area contributed by atoms with Gasteiger partial charge in [0.2, 0.25) is 5.91 Å². The zero-order chi connectivity index (χ0) is 22.1. The number of hydrogen-bond acceptors (Lipinski definition) is 4. The van der Waals surface area contributed by atoms with Crippen molar-refractivity contribution in [3.63, 3.8) is 0 Å². The molecule has 4 rings (SSSR count). The number of piperazine rings is 1. The standard InChI is InChI=1S/C23H25ClN4O3/c1-15-12-20(17(3)28(15)21-13-16(2)31-25-21)23(30)27-10-8-26(9-11-27)22(29)14-18-4-6-19(24)7-5-18/h4-7,12-13H,8-11,14H2,1-3H3. The van der Waals surface area contributed by atoms with Crippen LogP contribution in [0.1, 0.15) is 33.1 Å². The Morgan fingerprint density at radius 2 is 1.65 bits per heavy atom. The van der Waals surface area contributed by atoms with Gasteiger partial charge in [-0.25, -0.2) is 0 Å². The average Bonchev–Trinajstić information content (AvgIpc) is 3.31. The largest absolute Gasteiger partial charge is 0.360 e. The lowest BCUT2D eigenvalue weighted by atomic mass is 10.1. The molecule has 162 valence electrons. The van der Waals surface area contributed by atoms with Gasteiger partial charge in [0.25, 0.3) is 5.91 Å². The fourth-order valence-corrected chi connectivity index (χ4v) is 4.13. The summed E-state index contributed by atoms with van der Waals surface area (Å²) in [6.07, 6.45) is 0.337. The number of nitrogens with zero attached hydrogens (tertiary/aromatic N) is 4. The van der Waals surface area contributed by atoms with E-state index in [9.17, 15) is 9.59 Å². The smallest absolute Gasteiger partial charge is 0.255 e. The topological polar surface area (TPSA) is 71.6 Å². The molecule has 1 fully saturated rings. The van der Waals surface area contributed by atoms with E-state index in [1.165, 1.54) is 0 Å². The maximum atomic E-state index is 13.2. The second kappa shape index (κ2) is 8.59. The molecule has 2 aromatic heterocycles. The Hall–Kier alpha value is -3.06. The third kappa shape index (κ3) is 4.37. The van der Waals surface area contributed by atoms with Gasteiger partial charge in [0.05, 0.1) is 12.0 Å². The van der Waals surface area contributed by atoms with E-state index < -0.39 is 0 Å². The quantitative estimate of drug-likeness (QED) is 0.621. The molecule has 1 aliphatic heterocycles. The Balaban J connectivity index is 1.40.